The van der Waals surface area contributed by atoms with Crippen LogP contribution >= 0.6 is 23.2 Å². The Morgan fingerprint density at radius 1 is 0.538 bits per heavy atom. The van der Waals surface area contributed by atoms with E-state index in [9.17, 15) is 0 Å². The molecule has 4 atom stereocenters. The van der Waals surface area contributed by atoms with Crippen molar-refractivity contribution in [3.05, 3.63) is 107 Å². The van der Waals surface area contributed by atoms with E-state index in [4.69, 9.17) is 23.2 Å². The Balaban J connectivity index is 1.47. The van der Waals surface area contributed by atoms with Gasteiger partial charge in [-0.05, 0) is 35.1 Å². The van der Waals surface area contributed by atoms with Crippen molar-refractivity contribution < 1.29 is 0 Å². The smallest absolute Gasteiger partial charge is 0.0770 e. The van der Waals surface area contributed by atoms with Crippen molar-refractivity contribution in [1.29, 1.82) is 0 Å². The van der Waals surface area contributed by atoms with Gasteiger partial charge in [-0.1, -0.05) is 84.9 Å². The highest BCUT2D eigenvalue weighted by molar-refractivity contribution is 6.27. The standard InChI is InChI=1S/C24H20Cl2/c25-23(17-9-3-1-4-10-17)15-21(23)19-13-7-8-14-20(19)22-16-24(22,26)18-11-5-2-6-12-18/h1-14,21-22H,15-16H2/t21-,22-,23-,24+/m1/s1. The van der Waals surface area contributed by atoms with Crippen LogP contribution in [0, 0.1) is 0 Å². The molecular formula is C24H20Cl2. The van der Waals surface area contributed by atoms with Crippen LogP contribution in [0.25, 0.3) is 0 Å². The highest BCUT2D eigenvalue weighted by Crippen LogP contribution is 2.68. The summed E-state index contributed by atoms with van der Waals surface area (Å²) in [7, 11) is 0. The fourth-order valence-corrected chi connectivity index (χ4v) is 5.20. The summed E-state index contributed by atoms with van der Waals surface area (Å²) in [4.78, 5) is -0.540. The van der Waals surface area contributed by atoms with E-state index in [1.807, 2.05) is 12.1 Å². The maximum absolute atomic E-state index is 7.02. The molecule has 3 aromatic carbocycles. The minimum atomic E-state index is -0.270. The zero-order valence-corrected chi connectivity index (χ0v) is 15.9. The summed E-state index contributed by atoms with van der Waals surface area (Å²) in [5.74, 6) is 0.722. The molecule has 0 aliphatic heterocycles. The van der Waals surface area contributed by atoms with Crippen molar-refractivity contribution >= 4 is 23.2 Å². The van der Waals surface area contributed by atoms with Gasteiger partial charge >= 0.3 is 0 Å². The first kappa shape index (κ1) is 16.4. The monoisotopic (exact) mass is 378 g/mol. The first-order valence-electron chi connectivity index (χ1n) is 9.20. The second-order valence-corrected chi connectivity index (χ2v) is 8.95. The highest BCUT2D eigenvalue weighted by Gasteiger charge is 2.59. The van der Waals surface area contributed by atoms with E-state index in [0.29, 0.717) is 11.8 Å². The van der Waals surface area contributed by atoms with Gasteiger partial charge in [-0.25, -0.2) is 0 Å². The molecular weight excluding hydrogens is 359 g/mol. The topological polar surface area (TPSA) is 0 Å². The zero-order chi connectivity index (χ0) is 17.8. The van der Waals surface area contributed by atoms with E-state index in [1.54, 1.807) is 0 Å². The van der Waals surface area contributed by atoms with Gasteiger partial charge in [0.25, 0.3) is 0 Å². The molecule has 26 heavy (non-hydrogen) atoms. The molecule has 5 rings (SSSR count). The number of alkyl halides is 2. The molecule has 0 nitrogen and oxygen atoms in total. The molecule has 2 fully saturated rings. The highest BCUT2D eigenvalue weighted by atomic mass is 35.5. The molecule has 0 spiro atoms. The molecule has 3 aromatic rings. The largest absolute Gasteiger partial charge is 0.113 e. The molecule has 2 saturated carbocycles. The van der Waals surface area contributed by atoms with E-state index in [2.05, 4.69) is 72.8 Å². The van der Waals surface area contributed by atoms with Gasteiger partial charge in [0.05, 0.1) is 9.75 Å². The van der Waals surface area contributed by atoms with Crippen LogP contribution in [-0.4, -0.2) is 0 Å². The second kappa shape index (κ2) is 5.87. The van der Waals surface area contributed by atoms with Crippen LogP contribution < -0.4 is 0 Å². The summed E-state index contributed by atoms with van der Waals surface area (Å²) in [6, 6.07) is 29.7. The first-order chi connectivity index (χ1) is 12.6. The lowest BCUT2D eigenvalue weighted by Gasteiger charge is -2.15. The molecule has 0 saturated heterocycles. The van der Waals surface area contributed by atoms with Crippen molar-refractivity contribution in [3.63, 3.8) is 0 Å². The lowest BCUT2D eigenvalue weighted by molar-refractivity contribution is 0.890. The molecule has 0 heterocycles. The molecule has 0 aromatic heterocycles. The zero-order valence-electron chi connectivity index (χ0n) is 14.4. The number of halogens is 2. The molecule has 2 aliphatic carbocycles. The summed E-state index contributed by atoms with van der Waals surface area (Å²) >= 11 is 14.0. The van der Waals surface area contributed by atoms with Crippen LogP contribution in [-0.2, 0) is 9.75 Å². The lowest BCUT2D eigenvalue weighted by atomic mass is 9.94. The second-order valence-electron chi connectivity index (χ2n) is 7.60. The summed E-state index contributed by atoms with van der Waals surface area (Å²) < 4.78 is 0. The minimum absolute atomic E-state index is 0.270. The molecule has 0 bridgehead atoms. The van der Waals surface area contributed by atoms with Gasteiger partial charge in [0, 0.05) is 11.8 Å². The van der Waals surface area contributed by atoms with E-state index in [0.717, 1.165) is 12.8 Å². The Morgan fingerprint density at radius 3 is 1.27 bits per heavy atom. The third-order valence-electron chi connectivity index (χ3n) is 6.04. The Kier molecular flexibility index (Phi) is 3.71. The van der Waals surface area contributed by atoms with E-state index in [-0.39, 0.29) is 9.75 Å². The number of hydrogen-bond donors (Lipinski definition) is 0. The van der Waals surface area contributed by atoms with E-state index >= 15 is 0 Å². The Morgan fingerprint density at radius 2 is 0.885 bits per heavy atom. The predicted octanol–water partition coefficient (Wildman–Crippen LogP) is 6.93. The van der Waals surface area contributed by atoms with E-state index in [1.165, 1.54) is 22.3 Å². The average molecular weight is 379 g/mol. The Labute approximate surface area is 164 Å². The predicted molar refractivity (Wildman–Crippen MR) is 109 cm³/mol. The lowest BCUT2D eigenvalue weighted by Crippen LogP contribution is -2.04. The maximum Gasteiger partial charge on any atom is 0.0770 e. The normalized spacial score (nSPS) is 32.2. The first-order valence-corrected chi connectivity index (χ1v) is 9.96. The van der Waals surface area contributed by atoms with Crippen molar-refractivity contribution in [3.8, 4) is 0 Å². The van der Waals surface area contributed by atoms with Gasteiger partial charge in [-0.15, -0.1) is 23.2 Å². The van der Waals surface area contributed by atoms with Crippen LogP contribution in [0.4, 0.5) is 0 Å². The van der Waals surface area contributed by atoms with Crippen molar-refractivity contribution in [2.24, 2.45) is 0 Å². The van der Waals surface area contributed by atoms with Gasteiger partial charge in [0.1, 0.15) is 0 Å². The van der Waals surface area contributed by atoms with Gasteiger partial charge in [0.2, 0.25) is 0 Å². The Bertz CT molecular complexity index is 858. The maximum atomic E-state index is 7.02. The van der Waals surface area contributed by atoms with Crippen LogP contribution in [0.15, 0.2) is 84.9 Å². The van der Waals surface area contributed by atoms with Gasteiger partial charge in [-0.2, -0.15) is 0 Å². The fraction of sp³-hybridized carbons (Fsp3) is 0.250. The average Bonchev–Trinajstić information content (AvgIpc) is 3.59. The van der Waals surface area contributed by atoms with Gasteiger partial charge in [0.15, 0.2) is 0 Å². The van der Waals surface area contributed by atoms with Crippen LogP contribution in [0.3, 0.4) is 0 Å². The van der Waals surface area contributed by atoms with Gasteiger partial charge < -0.3 is 0 Å². The summed E-state index contributed by atoms with van der Waals surface area (Å²) in [5.41, 5.74) is 5.18. The number of hydrogen-bond acceptors (Lipinski definition) is 0. The molecule has 0 radical (unpaired) electrons. The molecule has 2 heteroatoms. The van der Waals surface area contributed by atoms with Gasteiger partial charge in [-0.3, -0.25) is 0 Å². The molecule has 0 amide bonds. The SMILES string of the molecule is Cl[C@@]1(c2ccccc2)C[C@@H]1c1ccccc1[C@H]1C[C@]1(Cl)c1ccccc1. The van der Waals surface area contributed by atoms with Crippen LogP contribution in [0.2, 0.25) is 0 Å². The Hall–Kier alpha value is -1.76. The minimum Gasteiger partial charge on any atom is -0.113 e. The van der Waals surface area contributed by atoms with Crippen LogP contribution in [0.1, 0.15) is 46.9 Å². The molecule has 0 N–H and O–H groups in total. The van der Waals surface area contributed by atoms with Crippen molar-refractivity contribution in [1.82, 2.24) is 0 Å². The summed E-state index contributed by atoms with van der Waals surface area (Å²) in [5, 5.41) is 0. The van der Waals surface area contributed by atoms with E-state index < -0.39 is 0 Å². The number of rotatable bonds is 4. The van der Waals surface area contributed by atoms with Crippen LogP contribution in [0.5, 0.6) is 0 Å². The third-order valence-corrected chi connectivity index (χ3v) is 7.31. The fourth-order valence-electron chi connectivity index (χ4n) is 4.40. The summed E-state index contributed by atoms with van der Waals surface area (Å²) in [6.07, 6.45) is 1.98. The molecule has 0 unspecified atom stereocenters. The molecule has 2 aliphatic rings. The molecule has 130 valence electrons. The number of benzene rings is 3. The summed E-state index contributed by atoms with van der Waals surface area (Å²) in [6.45, 7) is 0. The van der Waals surface area contributed by atoms with Crippen molar-refractivity contribution in [2.45, 2.75) is 34.4 Å². The quantitative estimate of drug-likeness (QED) is 0.431. The third kappa shape index (κ3) is 2.51. The van der Waals surface area contributed by atoms with Crippen molar-refractivity contribution in [2.75, 3.05) is 0 Å².